The maximum atomic E-state index is 11.5. The highest BCUT2D eigenvalue weighted by Crippen LogP contribution is 2.18. The molecule has 0 saturated carbocycles. The first-order chi connectivity index (χ1) is 4.48. The van der Waals surface area contributed by atoms with Gasteiger partial charge in [-0.2, -0.15) is 13.2 Å². The molecule has 1 atom stereocenters. The van der Waals surface area contributed by atoms with Crippen LogP contribution in [0, 0.1) is 0 Å². The Morgan fingerprint density at radius 3 is 2.30 bits per heavy atom. The van der Waals surface area contributed by atoms with Crippen molar-refractivity contribution in [2.75, 3.05) is 13.1 Å². The van der Waals surface area contributed by atoms with Gasteiger partial charge in [0.1, 0.15) is 0 Å². The molecule has 0 spiro atoms. The molecule has 0 rings (SSSR count). The van der Waals surface area contributed by atoms with Crippen LogP contribution in [0.25, 0.3) is 0 Å². The second kappa shape index (κ2) is 3.78. The van der Waals surface area contributed by atoms with Gasteiger partial charge in [-0.25, -0.2) is 0 Å². The first kappa shape index (κ1) is 9.71. The molecule has 0 bridgehead atoms. The van der Waals surface area contributed by atoms with Gasteiger partial charge in [-0.3, -0.25) is 0 Å². The minimum atomic E-state index is -4.50. The minimum absolute atomic E-state index is 0.424. The fourth-order valence-electron chi connectivity index (χ4n) is 0.397. The average Bonchev–Trinajstić information content (AvgIpc) is 1.80. The number of hydrogen-bond acceptors (Lipinski definition) is 2. The van der Waals surface area contributed by atoms with E-state index in [0.29, 0.717) is 6.54 Å². The predicted molar refractivity (Wildman–Crippen MR) is 30.6 cm³/mol. The highest BCUT2D eigenvalue weighted by atomic mass is 19.4. The standard InChI is InChI=1S/C5H10F3NO/c1-2-9-3-4(10)5(6,7)8/h4,9-10H,2-3H2,1H3/t4-/m0/s1. The van der Waals surface area contributed by atoms with Crippen LogP contribution in [-0.4, -0.2) is 30.5 Å². The van der Waals surface area contributed by atoms with Crippen LogP contribution < -0.4 is 5.32 Å². The maximum absolute atomic E-state index is 11.5. The van der Waals surface area contributed by atoms with E-state index in [0.717, 1.165) is 0 Å². The smallest absolute Gasteiger partial charge is 0.382 e. The van der Waals surface area contributed by atoms with Crippen LogP contribution in [0.15, 0.2) is 0 Å². The van der Waals surface area contributed by atoms with Crippen molar-refractivity contribution in [2.24, 2.45) is 0 Å². The normalized spacial score (nSPS) is 15.3. The second-order valence-corrected chi connectivity index (χ2v) is 1.87. The van der Waals surface area contributed by atoms with E-state index >= 15 is 0 Å². The molecule has 5 heteroatoms. The summed E-state index contributed by atoms with van der Waals surface area (Å²) < 4.78 is 34.4. The molecular formula is C5H10F3NO. The number of halogens is 3. The minimum Gasteiger partial charge on any atom is -0.382 e. The summed E-state index contributed by atoms with van der Waals surface area (Å²) in [5.41, 5.74) is 0. The molecule has 10 heavy (non-hydrogen) atoms. The van der Waals surface area contributed by atoms with E-state index < -0.39 is 18.8 Å². The van der Waals surface area contributed by atoms with Gasteiger partial charge < -0.3 is 10.4 Å². The number of rotatable bonds is 3. The molecule has 0 aliphatic heterocycles. The zero-order chi connectivity index (χ0) is 8.20. The Balaban J connectivity index is 3.52. The zero-order valence-corrected chi connectivity index (χ0v) is 5.57. The summed E-state index contributed by atoms with van der Waals surface area (Å²) >= 11 is 0. The number of likely N-dealkylation sites (N-methyl/N-ethyl adjacent to an activating group) is 1. The molecule has 62 valence electrons. The van der Waals surface area contributed by atoms with E-state index in [9.17, 15) is 13.2 Å². The Bertz CT molecular complexity index is 93.4. The first-order valence-electron chi connectivity index (χ1n) is 2.94. The average molecular weight is 157 g/mol. The lowest BCUT2D eigenvalue weighted by molar-refractivity contribution is -0.201. The van der Waals surface area contributed by atoms with Gasteiger partial charge in [0.05, 0.1) is 0 Å². The van der Waals surface area contributed by atoms with Crippen molar-refractivity contribution < 1.29 is 18.3 Å². The Hall–Kier alpha value is -0.290. The molecular weight excluding hydrogens is 147 g/mol. The van der Waals surface area contributed by atoms with Crippen molar-refractivity contribution in [3.05, 3.63) is 0 Å². The third-order valence-corrected chi connectivity index (χ3v) is 0.966. The highest BCUT2D eigenvalue weighted by Gasteiger charge is 2.37. The van der Waals surface area contributed by atoms with Crippen molar-refractivity contribution in [3.8, 4) is 0 Å². The third kappa shape index (κ3) is 3.68. The summed E-state index contributed by atoms with van der Waals surface area (Å²) in [5, 5.41) is 10.7. The fourth-order valence-corrected chi connectivity index (χ4v) is 0.397. The van der Waals surface area contributed by atoms with E-state index in [1.165, 1.54) is 0 Å². The van der Waals surface area contributed by atoms with Crippen LogP contribution in [0.2, 0.25) is 0 Å². The Morgan fingerprint density at radius 2 is 2.00 bits per heavy atom. The van der Waals surface area contributed by atoms with Crippen molar-refractivity contribution >= 4 is 0 Å². The van der Waals surface area contributed by atoms with Gasteiger partial charge in [0, 0.05) is 6.54 Å². The highest BCUT2D eigenvalue weighted by molar-refractivity contribution is 4.66. The Morgan fingerprint density at radius 1 is 1.50 bits per heavy atom. The number of nitrogens with one attached hydrogen (secondary N) is 1. The van der Waals surface area contributed by atoms with Gasteiger partial charge in [0.2, 0.25) is 0 Å². The summed E-state index contributed by atoms with van der Waals surface area (Å²) in [6, 6.07) is 0. The molecule has 0 aliphatic rings. The number of aliphatic hydroxyl groups excluding tert-OH is 1. The van der Waals surface area contributed by atoms with E-state index in [1.54, 1.807) is 6.92 Å². The van der Waals surface area contributed by atoms with E-state index in [2.05, 4.69) is 5.32 Å². The second-order valence-electron chi connectivity index (χ2n) is 1.87. The van der Waals surface area contributed by atoms with Gasteiger partial charge in [0.15, 0.2) is 6.10 Å². The Kier molecular flexibility index (Phi) is 3.67. The Labute approximate surface area is 57.0 Å². The first-order valence-corrected chi connectivity index (χ1v) is 2.94. The van der Waals surface area contributed by atoms with Crippen LogP contribution in [0.5, 0.6) is 0 Å². The molecule has 0 aromatic carbocycles. The summed E-state index contributed by atoms with van der Waals surface area (Å²) in [4.78, 5) is 0. The summed E-state index contributed by atoms with van der Waals surface area (Å²) in [5.74, 6) is 0. The van der Waals surface area contributed by atoms with E-state index in [1.807, 2.05) is 0 Å². The largest absolute Gasteiger partial charge is 0.415 e. The lowest BCUT2D eigenvalue weighted by atomic mass is 10.3. The molecule has 0 aromatic rings. The van der Waals surface area contributed by atoms with Crippen LogP contribution in [-0.2, 0) is 0 Å². The van der Waals surface area contributed by atoms with Gasteiger partial charge >= 0.3 is 6.18 Å². The molecule has 2 N–H and O–H groups in total. The van der Waals surface area contributed by atoms with Crippen molar-refractivity contribution in [3.63, 3.8) is 0 Å². The van der Waals surface area contributed by atoms with Crippen LogP contribution in [0.4, 0.5) is 13.2 Å². The quantitative estimate of drug-likeness (QED) is 0.626. The SMILES string of the molecule is CCNC[C@H](O)C(F)(F)F. The van der Waals surface area contributed by atoms with E-state index in [-0.39, 0.29) is 0 Å². The molecule has 0 heterocycles. The number of aliphatic hydroxyl groups is 1. The molecule has 0 radical (unpaired) electrons. The number of hydrogen-bond donors (Lipinski definition) is 2. The molecule has 0 saturated heterocycles. The van der Waals surface area contributed by atoms with Crippen molar-refractivity contribution in [2.45, 2.75) is 19.2 Å². The molecule has 0 aliphatic carbocycles. The molecule has 0 amide bonds. The monoisotopic (exact) mass is 157 g/mol. The molecule has 0 fully saturated rings. The van der Waals surface area contributed by atoms with Gasteiger partial charge in [0.25, 0.3) is 0 Å². The van der Waals surface area contributed by atoms with Crippen LogP contribution >= 0.6 is 0 Å². The third-order valence-electron chi connectivity index (χ3n) is 0.966. The zero-order valence-electron chi connectivity index (χ0n) is 5.57. The lowest BCUT2D eigenvalue weighted by Gasteiger charge is -2.13. The maximum Gasteiger partial charge on any atom is 0.415 e. The van der Waals surface area contributed by atoms with Gasteiger partial charge in [-0.05, 0) is 6.54 Å². The fraction of sp³-hybridized carbons (Fsp3) is 1.00. The number of alkyl halides is 3. The van der Waals surface area contributed by atoms with E-state index in [4.69, 9.17) is 5.11 Å². The lowest BCUT2D eigenvalue weighted by Crippen LogP contribution is -2.38. The predicted octanol–water partition coefficient (Wildman–Crippen LogP) is 0.519. The van der Waals surface area contributed by atoms with Crippen molar-refractivity contribution in [1.29, 1.82) is 0 Å². The molecule has 2 nitrogen and oxygen atoms in total. The molecule has 0 unspecified atom stereocenters. The summed E-state index contributed by atoms with van der Waals surface area (Å²) in [6.45, 7) is 1.66. The topological polar surface area (TPSA) is 32.3 Å². The van der Waals surface area contributed by atoms with Crippen LogP contribution in [0.3, 0.4) is 0 Å². The van der Waals surface area contributed by atoms with Crippen LogP contribution in [0.1, 0.15) is 6.92 Å². The summed E-state index contributed by atoms with van der Waals surface area (Å²) in [6.07, 6.45) is -6.74. The molecule has 0 aromatic heterocycles. The van der Waals surface area contributed by atoms with Gasteiger partial charge in [-0.1, -0.05) is 6.92 Å². The summed E-state index contributed by atoms with van der Waals surface area (Å²) in [7, 11) is 0. The van der Waals surface area contributed by atoms with Gasteiger partial charge in [-0.15, -0.1) is 0 Å². The van der Waals surface area contributed by atoms with Crippen molar-refractivity contribution in [1.82, 2.24) is 5.32 Å².